The molecule has 2 heterocycles. The summed E-state index contributed by atoms with van der Waals surface area (Å²) in [5.74, 6) is 1.00. The van der Waals surface area contributed by atoms with E-state index in [4.69, 9.17) is 9.47 Å². The molecule has 2 bridgehead atoms. The highest BCUT2D eigenvalue weighted by molar-refractivity contribution is 5.89. The smallest absolute Gasteiger partial charge is 0.338 e. The Balaban J connectivity index is 1.42. The zero-order valence-corrected chi connectivity index (χ0v) is 16.5. The molecule has 5 atom stereocenters. The Hall–Kier alpha value is -2.53. The summed E-state index contributed by atoms with van der Waals surface area (Å²) in [7, 11) is 2.22. The highest BCUT2D eigenvalue weighted by Crippen LogP contribution is 2.63. The maximum Gasteiger partial charge on any atom is 0.338 e. The summed E-state index contributed by atoms with van der Waals surface area (Å²) in [6.07, 6.45) is 3.24. The monoisotopic (exact) mass is 391 g/mol. The van der Waals surface area contributed by atoms with Crippen molar-refractivity contribution in [3.63, 3.8) is 0 Å². The van der Waals surface area contributed by atoms with Crippen molar-refractivity contribution in [3.8, 4) is 11.5 Å². The van der Waals surface area contributed by atoms with Crippen LogP contribution in [0.4, 0.5) is 0 Å². The SMILES string of the molecule is CN1CC[C@]23c4c5ccc(O)c4O[C@H]2[C@@H](OC(=O)c2ccccc2)CC[C@H]3[C@H]1C5. The van der Waals surface area contributed by atoms with Crippen molar-refractivity contribution in [2.45, 2.75) is 49.3 Å². The Kier molecular flexibility index (Phi) is 3.58. The van der Waals surface area contributed by atoms with Crippen LogP contribution in [-0.4, -0.2) is 47.8 Å². The fraction of sp³-hybridized carbons (Fsp3) is 0.458. The Morgan fingerprint density at radius 2 is 2.03 bits per heavy atom. The second-order valence-corrected chi connectivity index (χ2v) is 9.02. The molecule has 0 unspecified atom stereocenters. The predicted octanol–water partition coefficient (Wildman–Crippen LogP) is 3.29. The van der Waals surface area contributed by atoms with Gasteiger partial charge in [-0.25, -0.2) is 4.79 Å². The molecular formula is C24H25NO4. The van der Waals surface area contributed by atoms with Crippen LogP contribution in [0.2, 0.25) is 0 Å². The minimum Gasteiger partial charge on any atom is -0.504 e. The highest BCUT2D eigenvalue weighted by Gasteiger charge is 2.66. The Labute approximate surface area is 170 Å². The van der Waals surface area contributed by atoms with Gasteiger partial charge in [-0.1, -0.05) is 24.3 Å². The van der Waals surface area contributed by atoms with E-state index in [-0.39, 0.29) is 29.3 Å². The zero-order chi connectivity index (χ0) is 19.8. The van der Waals surface area contributed by atoms with Gasteiger partial charge < -0.3 is 19.5 Å². The van der Waals surface area contributed by atoms with E-state index in [1.165, 1.54) is 11.1 Å². The molecule has 150 valence electrons. The lowest BCUT2D eigenvalue weighted by molar-refractivity contribution is -0.105. The number of nitrogens with zero attached hydrogens (tertiary/aromatic N) is 1. The van der Waals surface area contributed by atoms with Crippen LogP contribution in [-0.2, 0) is 16.6 Å². The number of hydrogen-bond acceptors (Lipinski definition) is 5. The lowest BCUT2D eigenvalue weighted by Crippen LogP contribution is -2.66. The van der Waals surface area contributed by atoms with E-state index >= 15 is 0 Å². The van der Waals surface area contributed by atoms with Crippen molar-refractivity contribution in [2.24, 2.45) is 5.92 Å². The van der Waals surface area contributed by atoms with Crippen molar-refractivity contribution in [1.82, 2.24) is 4.90 Å². The maximum atomic E-state index is 12.8. The average molecular weight is 391 g/mol. The molecule has 5 heteroatoms. The molecule has 0 radical (unpaired) electrons. The molecule has 2 aromatic rings. The second-order valence-electron chi connectivity index (χ2n) is 9.02. The van der Waals surface area contributed by atoms with Crippen LogP contribution in [0, 0.1) is 5.92 Å². The molecule has 0 aromatic heterocycles. The van der Waals surface area contributed by atoms with Crippen LogP contribution < -0.4 is 4.74 Å². The highest BCUT2D eigenvalue weighted by atomic mass is 16.6. The van der Waals surface area contributed by atoms with E-state index in [1.807, 2.05) is 18.2 Å². The van der Waals surface area contributed by atoms with Crippen molar-refractivity contribution in [1.29, 1.82) is 0 Å². The second kappa shape index (κ2) is 5.99. The zero-order valence-electron chi connectivity index (χ0n) is 16.5. The molecule has 4 aliphatic rings. The largest absolute Gasteiger partial charge is 0.504 e. The number of likely N-dealkylation sites (N-methyl/N-ethyl adjacent to an activating group) is 1. The standard InChI is InChI=1S/C24H25NO4/c1-25-12-11-24-16-8-10-19(28-23(27)14-5-3-2-4-6-14)22(24)29-21-18(26)9-7-15(20(21)24)13-17(16)25/h2-7,9,16-17,19,22,26H,8,10-13H2,1H3/t16-,17+,19-,22-,24-/m0/s1. The molecule has 0 amide bonds. The number of likely N-dealkylation sites (tertiary alicyclic amines) is 1. The number of esters is 1. The summed E-state index contributed by atoms with van der Waals surface area (Å²) in [5.41, 5.74) is 2.87. The molecule has 2 aliphatic heterocycles. The third kappa shape index (κ3) is 2.22. The van der Waals surface area contributed by atoms with E-state index in [1.54, 1.807) is 18.2 Å². The molecule has 1 spiro atoms. The first-order chi connectivity index (χ1) is 14.1. The van der Waals surface area contributed by atoms with Crippen molar-refractivity contribution < 1.29 is 19.4 Å². The third-order valence-corrected chi connectivity index (χ3v) is 7.81. The van der Waals surface area contributed by atoms with Crippen LogP contribution in [0.15, 0.2) is 42.5 Å². The first-order valence-electron chi connectivity index (χ1n) is 10.6. The van der Waals surface area contributed by atoms with Crippen molar-refractivity contribution >= 4 is 5.97 Å². The fourth-order valence-electron chi connectivity index (χ4n) is 6.59. The van der Waals surface area contributed by atoms with Gasteiger partial charge in [-0.2, -0.15) is 0 Å². The van der Waals surface area contributed by atoms with Crippen LogP contribution in [0.25, 0.3) is 0 Å². The van der Waals surface area contributed by atoms with Gasteiger partial charge in [-0.15, -0.1) is 0 Å². The number of aromatic hydroxyl groups is 1. The van der Waals surface area contributed by atoms with Gasteiger partial charge in [0.1, 0.15) is 12.2 Å². The molecule has 29 heavy (non-hydrogen) atoms. The number of carbonyl (C=O) groups excluding carboxylic acids is 1. The maximum absolute atomic E-state index is 12.8. The lowest BCUT2D eigenvalue weighted by Gasteiger charge is -2.58. The number of piperidine rings is 1. The summed E-state index contributed by atoms with van der Waals surface area (Å²) in [5, 5.41) is 10.6. The van der Waals surface area contributed by atoms with Crippen molar-refractivity contribution in [2.75, 3.05) is 13.6 Å². The van der Waals surface area contributed by atoms with Gasteiger partial charge in [0.25, 0.3) is 0 Å². The Morgan fingerprint density at radius 1 is 1.21 bits per heavy atom. The van der Waals surface area contributed by atoms with Crippen LogP contribution >= 0.6 is 0 Å². The van der Waals surface area contributed by atoms with E-state index < -0.39 is 0 Å². The van der Waals surface area contributed by atoms with Crippen molar-refractivity contribution in [3.05, 3.63) is 59.2 Å². The number of phenols is 1. The van der Waals surface area contributed by atoms with Gasteiger partial charge in [0.15, 0.2) is 11.5 Å². The van der Waals surface area contributed by atoms with Gasteiger partial charge in [0.05, 0.1) is 5.56 Å². The summed E-state index contributed by atoms with van der Waals surface area (Å²) < 4.78 is 12.5. The number of carbonyl (C=O) groups is 1. The van der Waals surface area contributed by atoms with E-state index in [9.17, 15) is 9.90 Å². The van der Waals surface area contributed by atoms with Crippen LogP contribution in [0.1, 0.15) is 40.7 Å². The number of rotatable bonds is 2. The van der Waals surface area contributed by atoms with Gasteiger partial charge >= 0.3 is 5.97 Å². The number of benzene rings is 2. The molecule has 1 N–H and O–H groups in total. The van der Waals surface area contributed by atoms with E-state index in [0.29, 0.717) is 23.3 Å². The Bertz CT molecular complexity index is 990. The minimum absolute atomic E-state index is 0.168. The van der Waals surface area contributed by atoms with Gasteiger partial charge in [-0.3, -0.25) is 0 Å². The third-order valence-electron chi connectivity index (χ3n) is 7.81. The fourth-order valence-corrected chi connectivity index (χ4v) is 6.59. The summed E-state index contributed by atoms with van der Waals surface area (Å²) in [6.45, 7) is 0.995. The molecule has 5 nitrogen and oxygen atoms in total. The minimum atomic E-state index is -0.305. The molecule has 1 saturated heterocycles. The van der Waals surface area contributed by atoms with Crippen LogP contribution in [0.5, 0.6) is 11.5 Å². The summed E-state index contributed by atoms with van der Waals surface area (Å²) >= 11 is 0. The summed E-state index contributed by atoms with van der Waals surface area (Å²) in [6, 6.07) is 13.4. The first-order valence-corrected chi connectivity index (χ1v) is 10.6. The number of hydrogen-bond donors (Lipinski definition) is 1. The van der Waals surface area contributed by atoms with Gasteiger partial charge in [0, 0.05) is 17.0 Å². The van der Waals surface area contributed by atoms with E-state index in [0.717, 1.165) is 32.2 Å². The molecular weight excluding hydrogens is 366 g/mol. The molecule has 2 fully saturated rings. The molecule has 6 rings (SSSR count). The van der Waals surface area contributed by atoms with Gasteiger partial charge in [0.2, 0.25) is 0 Å². The molecule has 2 aliphatic carbocycles. The predicted molar refractivity (Wildman–Crippen MR) is 107 cm³/mol. The Morgan fingerprint density at radius 3 is 2.86 bits per heavy atom. The van der Waals surface area contributed by atoms with Crippen LogP contribution in [0.3, 0.4) is 0 Å². The topological polar surface area (TPSA) is 59.0 Å². The first kappa shape index (κ1) is 17.3. The lowest BCUT2D eigenvalue weighted by atomic mass is 9.51. The van der Waals surface area contributed by atoms with E-state index in [2.05, 4.69) is 18.0 Å². The van der Waals surface area contributed by atoms with Gasteiger partial charge in [-0.05, 0) is 69.0 Å². The average Bonchev–Trinajstić information content (AvgIpc) is 3.10. The number of ether oxygens (including phenoxy) is 2. The quantitative estimate of drug-likeness (QED) is 0.796. The summed E-state index contributed by atoms with van der Waals surface area (Å²) in [4.78, 5) is 15.3. The molecule has 2 aromatic carbocycles. The number of phenolic OH excluding ortho intramolecular Hbond substituents is 1. The molecule has 1 saturated carbocycles. The normalized spacial score (nSPS) is 34.2.